The third kappa shape index (κ3) is 4.35. The van der Waals surface area contributed by atoms with E-state index in [1.54, 1.807) is 6.92 Å². The molecular formula is C19H28N2O3. The third-order valence-corrected chi connectivity index (χ3v) is 4.54. The molecule has 2 rings (SSSR count). The van der Waals surface area contributed by atoms with Gasteiger partial charge in [0.05, 0.1) is 17.4 Å². The SMILES string of the molecule is CC(C)OC(=O)[C@H](C)CNC(=O)C1(c2ccccc2)CCNCC1. The lowest BCUT2D eigenvalue weighted by molar-refractivity contribution is -0.151. The van der Waals surface area contributed by atoms with Crippen LogP contribution in [0.5, 0.6) is 0 Å². The minimum absolute atomic E-state index is 0.000558. The number of esters is 1. The number of carbonyl (C=O) groups is 2. The van der Waals surface area contributed by atoms with Gasteiger partial charge < -0.3 is 15.4 Å². The van der Waals surface area contributed by atoms with Crippen LogP contribution in [0, 0.1) is 5.92 Å². The van der Waals surface area contributed by atoms with Crippen molar-refractivity contribution in [3.05, 3.63) is 35.9 Å². The van der Waals surface area contributed by atoms with E-state index in [0.717, 1.165) is 31.5 Å². The van der Waals surface area contributed by atoms with Gasteiger partial charge in [-0.3, -0.25) is 9.59 Å². The van der Waals surface area contributed by atoms with E-state index in [1.165, 1.54) is 0 Å². The smallest absolute Gasteiger partial charge is 0.310 e. The molecule has 2 N–H and O–H groups in total. The second-order valence-electron chi connectivity index (χ2n) is 6.79. The van der Waals surface area contributed by atoms with E-state index in [2.05, 4.69) is 10.6 Å². The highest BCUT2D eigenvalue weighted by atomic mass is 16.5. The predicted molar refractivity (Wildman–Crippen MR) is 93.6 cm³/mol. The van der Waals surface area contributed by atoms with Crippen LogP contribution in [0.25, 0.3) is 0 Å². The zero-order valence-electron chi connectivity index (χ0n) is 14.8. The molecule has 0 bridgehead atoms. The topological polar surface area (TPSA) is 67.4 Å². The van der Waals surface area contributed by atoms with Gasteiger partial charge in [0.1, 0.15) is 0 Å². The molecule has 1 fully saturated rings. The van der Waals surface area contributed by atoms with Crippen molar-refractivity contribution in [2.45, 2.75) is 45.1 Å². The van der Waals surface area contributed by atoms with Crippen molar-refractivity contribution in [3.8, 4) is 0 Å². The van der Waals surface area contributed by atoms with Gasteiger partial charge in [-0.25, -0.2) is 0 Å². The van der Waals surface area contributed by atoms with Crippen molar-refractivity contribution in [2.24, 2.45) is 5.92 Å². The fourth-order valence-corrected chi connectivity index (χ4v) is 3.10. The Balaban J connectivity index is 2.05. The van der Waals surface area contributed by atoms with Gasteiger partial charge >= 0.3 is 5.97 Å². The predicted octanol–water partition coefficient (Wildman–Crippen LogP) is 2.01. The highest BCUT2D eigenvalue weighted by Gasteiger charge is 2.41. The van der Waals surface area contributed by atoms with Crippen LogP contribution >= 0.6 is 0 Å². The van der Waals surface area contributed by atoms with Gasteiger partial charge in [0.2, 0.25) is 5.91 Å². The summed E-state index contributed by atoms with van der Waals surface area (Å²) in [7, 11) is 0. The Morgan fingerprint density at radius 3 is 2.38 bits per heavy atom. The minimum Gasteiger partial charge on any atom is -0.463 e. The molecule has 1 atom stereocenters. The molecule has 1 aliphatic heterocycles. The number of benzene rings is 1. The first-order valence-corrected chi connectivity index (χ1v) is 8.71. The molecule has 24 heavy (non-hydrogen) atoms. The van der Waals surface area contributed by atoms with Crippen molar-refractivity contribution in [3.63, 3.8) is 0 Å². The maximum atomic E-state index is 13.0. The van der Waals surface area contributed by atoms with Crippen molar-refractivity contribution in [2.75, 3.05) is 19.6 Å². The molecule has 0 unspecified atom stereocenters. The molecule has 1 aromatic rings. The molecule has 0 saturated carbocycles. The lowest BCUT2D eigenvalue weighted by Gasteiger charge is -2.37. The quantitative estimate of drug-likeness (QED) is 0.782. The van der Waals surface area contributed by atoms with Crippen LogP contribution in [0.3, 0.4) is 0 Å². The zero-order valence-corrected chi connectivity index (χ0v) is 14.8. The van der Waals surface area contributed by atoms with Gasteiger partial charge in [-0.2, -0.15) is 0 Å². The average molecular weight is 332 g/mol. The monoisotopic (exact) mass is 332 g/mol. The van der Waals surface area contributed by atoms with Gasteiger partial charge in [-0.1, -0.05) is 37.3 Å². The van der Waals surface area contributed by atoms with Crippen molar-refractivity contribution < 1.29 is 14.3 Å². The Bertz CT molecular complexity index is 551. The number of nitrogens with one attached hydrogen (secondary N) is 2. The van der Waals surface area contributed by atoms with Gasteiger partial charge in [0, 0.05) is 6.54 Å². The van der Waals surface area contributed by atoms with Crippen LogP contribution in [0.15, 0.2) is 30.3 Å². The molecule has 5 heteroatoms. The number of amides is 1. The van der Waals surface area contributed by atoms with E-state index >= 15 is 0 Å². The first kappa shape index (κ1) is 18.5. The summed E-state index contributed by atoms with van der Waals surface area (Å²) in [5, 5.41) is 6.29. The van der Waals surface area contributed by atoms with Crippen LogP contribution in [0.4, 0.5) is 0 Å². The van der Waals surface area contributed by atoms with Gasteiger partial charge in [-0.05, 0) is 45.3 Å². The van der Waals surface area contributed by atoms with Crippen molar-refractivity contribution in [1.29, 1.82) is 0 Å². The zero-order chi connectivity index (χ0) is 17.6. The second-order valence-corrected chi connectivity index (χ2v) is 6.79. The van der Waals surface area contributed by atoms with Gasteiger partial charge in [-0.15, -0.1) is 0 Å². The highest BCUT2D eigenvalue weighted by molar-refractivity contribution is 5.88. The molecule has 1 heterocycles. The van der Waals surface area contributed by atoms with Crippen LogP contribution in [-0.4, -0.2) is 37.6 Å². The van der Waals surface area contributed by atoms with E-state index in [-0.39, 0.29) is 23.9 Å². The maximum Gasteiger partial charge on any atom is 0.310 e. The summed E-state index contributed by atoms with van der Waals surface area (Å²) in [6.07, 6.45) is 1.37. The Kier molecular flexibility index (Phi) is 6.37. The van der Waals surface area contributed by atoms with E-state index in [0.29, 0.717) is 6.54 Å². The second kappa shape index (κ2) is 8.29. The molecule has 1 aromatic carbocycles. The lowest BCUT2D eigenvalue weighted by atomic mass is 9.72. The molecule has 0 aromatic heterocycles. The summed E-state index contributed by atoms with van der Waals surface area (Å²) in [4.78, 5) is 24.9. The third-order valence-electron chi connectivity index (χ3n) is 4.54. The molecular weight excluding hydrogens is 304 g/mol. The first-order valence-electron chi connectivity index (χ1n) is 8.71. The number of ether oxygens (including phenoxy) is 1. The number of carbonyl (C=O) groups excluding carboxylic acids is 2. The van der Waals surface area contributed by atoms with E-state index in [1.807, 2.05) is 44.2 Å². The Labute approximate surface area is 144 Å². The normalized spacial score (nSPS) is 18.0. The molecule has 5 nitrogen and oxygen atoms in total. The fourth-order valence-electron chi connectivity index (χ4n) is 3.10. The standard InChI is InChI=1S/C19H28N2O3/c1-14(2)24-17(22)15(3)13-21-18(23)19(9-11-20-12-10-19)16-7-5-4-6-8-16/h4-8,14-15,20H,9-13H2,1-3H3,(H,21,23)/t15-/m1/s1. The molecule has 132 valence electrons. The molecule has 0 spiro atoms. The van der Waals surface area contributed by atoms with Crippen molar-refractivity contribution in [1.82, 2.24) is 10.6 Å². The number of piperidine rings is 1. The molecule has 1 amide bonds. The highest BCUT2D eigenvalue weighted by Crippen LogP contribution is 2.33. The maximum absolute atomic E-state index is 13.0. The number of hydrogen-bond acceptors (Lipinski definition) is 4. The van der Waals surface area contributed by atoms with Crippen LogP contribution < -0.4 is 10.6 Å². The van der Waals surface area contributed by atoms with E-state index in [9.17, 15) is 9.59 Å². The van der Waals surface area contributed by atoms with Crippen LogP contribution in [0.2, 0.25) is 0 Å². The first-order chi connectivity index (χ1) is 11.5. The molecule has 0 aliphatic carbocycles. The lowest BCUT2D eigenvalue weighted by Crippen LogP contribution is -2.51. The Morgan fingerprint density at radius 2 is 1.79 bits per heavy atom. The van der Waals surface area contributed by atoms with Gasteiger partial charge in [0.25, 0.3) is 0 Å². The average Bonchev–Trinajstić information content (AvgIpc) is 2.60. The molecule has 1 saturated heterocycles. The Morgan fingerprint density at radius 1 is 1.17 bits per heavy atom. The minimum atomic E-state index is -0.520. The summed E-state index contributed by atoms with van der Waals surface area (Å²) in [5.74, 6) is -0.630. The summed E-state index contributed by atoms with van der Waals surface area (Å²) >= 11 is 0. The Hall–Kier alpha value is -1.88. The molecule has 0 radical (unpaired) electrons. The number of rotatable bonds is 6. The van der Waals surface area contributed by atoms with Crippen molar-refractivity contribution >= 4 is 11.9 Å². The fraction of sp³-hybridized carbons (Fsp3) is 0.579. The summed E-state index contributed by atoms with van der Waals surface area (Å²) < 4.78 is 5.20. The number of hydrogen-bond donors (Lipinski definition) is 2. The summed E-state index contributed by atoms with van der Waals surface area (Å²) in [5.41, 5.74) is 0.523. The summed E-state index contributed by atoms with van der Waals surface area (Å²) in [6.45, 7) is 7.35. The van der Waals surface area contributed by atoms with Crippen LogP contribution in [-0.2, 0) is 19.7 Å². The summed E-state index contributed by atoms with van der Waals surface area (Å²) in [6, 6.07) is 9.92. The van der Waals surface area contributed by atoms with Gasteiger partial charge in [0.15, 0.2) is 0 Å². The van der Waals surface area contributed by atoms with E-state index in [4.69, 9.17) is 4.74 Å². The van der Waals surface area contributed by atoms with E-state index < -0.39 is 5.41 Å². The largest absolute Gasteiger partial charge is 0.463 e. The van der Waals surface area contributed by atoms with Crippen LogP contribution in [0.1, 0.15) is 39.2 Å². The molecule has 1 aliphatic rings.